The summed E-state index contributed by atoms with van der Waals surface area (Å²) in [6.07, 6.45) is 18.0. The van der Waals surface area contributed by atoms with Crippen LogP contribution in [0.1, 0.15) is 67.7 Å². The van der Waals surface area contributed by atoms with E-state index in [0.717, 1.165) is 6.42 Å². The van der Waals surface area contributed by atoms with Gasteiger partial charge in [-0.1, -0.05) is 25.5 Å². The van der Waals surface area contributed by atoms with Crippen LogP contribution in [0.5, 0.6) is 0 Å². The van der Waals surface area contributed by atoms with E-state index in [0.29, 0.717) is 5.41 Å². The third kappa shape index (κ3) is 2.37. The summed E-state index contributed by atoms with van der Waals surface area (Å²) in [7, 11) is 0. The molecule has 0 unspecified atom stereocenters. The van der Waals surface area contributed by atoms with Crippen LogP contribution in [0.15, 0.2) is 28.7 Å². The molecule has 0 radical (unpaired) electrons. The molecule has 5 rings (SSSR count). The lowest BCUT2D eigenvalue weighted by molar-refractivity contribution is 0.220. The molecule has 1 fully saturated rings. The third-order valence-corrected chi connectivity index (χ3v) is 7.60. The first-order valence-electron chi connectivity index (χ1n) is 9.73. The molecule has 126 valence electrons. The Balaban J connectivity index is 1.36. The van der Waals surface area contributed by atoms with Gasteiger partial charge in [0.15, 0.2) is 0 Å². The quantitative estimate of drug-likeness (QED) is 0.663. The van der Waals surface area contributed by atoms with Gasteiger partial charge in [0, 0.05) is 4.91 Å². The maximum absolute atomic E-state index is 3.81. The monoisotopic (exact) mass is 337 g/mol. The van der Waals surface area contributed by atoms with E-state index in [4.69, 9.17) is 0 Å². The molecule has 0 aliphatic heterocycles. The molecule has 0 heterocycles. The van der Waals surface area contributed by atoms with Crippen LogP contribution >= 0.6 is 11.9 Å². The summed E-state index contributed by atoms with van der Waals surface area (Å²) in [5, 5.41) is 0. The maximum atomic E-state index is 3.81. The van der Waals surface area contributed by atoms with Crippen molar-refractivity contribution >= 4 is 17.6 Å². The number of allylic oxidation sites excluding steroid dienone is 4. The van der Waals surface area contributed by atoms with Crippen molar-refractivity contribution in [1.82, 2.24) is 0 Å². The summed E-state index contributed by atoms with van der Waals surface area (Å²) in [6.45, 7) is 2.44. The van der Waals surface area contributed by atoms with E-state index in [2.05, 4.69) is 29.9 Å². The van der Waals surface area contributed by atoms with E-state index < -0.39 is 0 Å². The van der Waals surface area contributed by atoms with Gasteiger partial charge in [0.05, 0.1) is 5.69 Å². The van der Waals surface area contributed by atoms with Crippen LogP contribution in [-0.4, -0.2) is 0 Å². The van der Waals surface area contributed by atoms with Gasteiger partial charge in [-0.3, -0.25) is 0 Å². The lowest BCUT2D eigenvalue weighted by atomic mass is 9.66. The zero-order valence-corrected chi connectivity index (χ0v) is 15.5. The second kappa shape index (κ2) is 5.69. The molecular formula is C22H27NS. The number of nitrogens with one attached hydrogen (secondary N) is 1. The van der Waals surface area contributed by atoms with Gasteiger partial charge in [0.1, 0.15) is 0 Å². The molecule has 2 heteroatoms. The van der Waals surface area contributed by atoms with E-state index in [9.17, 15) is 0 Å². The van der Waals surface area contributed by atoms with Gasteiger partial charge < -0.3 is 4.72 Å². The summed E-state index contributed by atoms with van der Waals surface area (Å²) in [4.78, 5) is 1.50. The number of hydrogen-bond acceptors (Lipinski definition) is 2. The fraction of sp³-hybridized carbons (Fsp3) is 0.545. The fourth-order valence-electron chi connectivity index (χ4n) is 5.05. The summed E-state index contributed by atoms with van der Waals surface area (Å²) in [6, 6.07) is 2.52. The Morgan fingerprint density at radius 2 is 1.67 bits per heavy atom. The van der Waals surface area contributed by atoms with Gasteiger partial charge in [-0.15, -0.1) is 0 Å². The molecule has 0 atom stereocenters. The minimum absolute atomic E-state index is 0.484. The Hall–Kier alpha value is -1.15. The standard InChI is InChI=1S/C22H27NS/c1-22(11-4-12-22)17-9-10-18(14-17)24-23-21-19-7-2-5-15(19)13-16-6-3-8-20(16)21/h9,13-14,23H,2-8,10-12H2,1H3. The molecule has 1 aromatic rings. The summed E-state index contributed by atoms with van der Waals surface area (Å²) in [5.74, 6) is 0. The molecule has 24 heavy (non-hydrogen) atoms. The summed E-state index contributed by atoms with van der Waals surface area (Å²) < 4.78 is 3.81. The van der Waals surface area contributed by atoms with Crippen LogP contribution in [0.3, 0.4) is 0 Å². The van der Waals surface area contributed by atoms with Crippen LogP contribution < -0.4 is 4.72 Å². The van der Waals surface area contributed by atoms with E-state index in [1.807, 2.05) is 11.9 Å². The van der Waals surface area contributed by atoms with Crippen molar-refractivity contribution in [2.45, 2.75) is 71.1 Å². The number of hydrogen-bond donors (Lipinski definition) is 1. The highest BCUT2D eigenvalue weighted by atomic mass is 32.2. The Bertz CT molecular complexity index is 719. The number of rotatable bonds is 4. The second-order valence-electron chi connectivity index (χ2n) is 8.33. The molecule has 4 aliphatic carbocycles. The predicted molar refractivity (Wildman–Crippen MR) is 104 cm³/mol. The molecule has 1 aromatic carbocycles. The summed E-state index contributed by atoms with van der Waals surface area (Å²) in [5.41, 5.74) is 10.1. The Morgan fingerprint density at radius 1 is 0.958 bits per heavy atom. The number of benzene rings is 1. The molecule has 4 aliphatic rings. The smallest absolute Gasteiger partial charge is 0.0512 e. The van der Waals surface area contributed by atoms with Gasteiger partial charge in [0.25, 0.3) is 0 Å². The minimum Gasteiger partial charge on any atom is -0.325 e. The van der Waals surface area contributed by atoms with Crippen LogP contribution in [-0.2, 0) is 25.7 Å². The SMILES string of the molecule is CC1(C2=CCC(SNc3c4c(cc5c3CCC5)CCC4)=C2)CCC1. The molecule has 0 saturated heterocycles. The molecule has 0 amide bonds. The first-order valence-corrected chi connectivity index (χ1v) is 10.6. The normalized spacial score (nSPS) is 23.4. The van der Waals surface area contributed by atoms with Crippen LogP contribution in [0.25, 0.3) is 0 Å². The second-order valence-corrected chi connectivity index (χ2v) is 9.26. The zero-order valence-electron chi connectivity index (χ0n) is 14.7. The van der Waals surface area contributed by atoms with E-state index >= 15 is 0 Å². The van der Waals surface area contributed by atoms with Crippen molar-refractivity contribution in [3.05, 3.63) is 51.0 Å². The predicted octanol–water partition coefficient (Wildman–Crippen LogP) is 6.13. The van der Waals surface area contributed by atoms with E-state index in [1.165, 1.54) is 68.4 Å². The largest absolute Gasteiger partial charge is 0.325 e. The molecule has 0 bridgehead atoms. The van der Waals surface area contributed by atoms with Crippen molar-refractivity contribution in [2.75, 3.05) is 4.72 Å². The van der Waals surface area contributed by atoms with Crippen LogP contribution in [0.2, 0.25) is 0 Å². The Morgan fingerprint density at radius 3 is 2.29 bits per heavy atom. The molecule has 0 aromatic heterocycles. The van der Waals surface area contributed by atoms with Gasteiger partial charge >= 0.3 is 0 Å². The first kappa shape index (κ1) is 15.1. The Labute approximate surface area is 150 Å². The minimum atomic E-state index is 0.484. The van der Waals surface area contributed by atoms with Gasteiger partial charge in [0.2, 0.25) is 0 Å². The van der Waals surface area contributed by atoms with E-state index in [1.54, 1.807) is 27.8 Å². The fourth-order valence-corrected chi connectivity index (χ4v) is 5.88. The van der Waals surface area contributed by atoms with Crippen molar-refractivity contribution in [1.29, 1.82) is 0 Å². The average Bonchev–Trinajstić information content (AvgIpc) is 3.28. The van der Waals surface area contributed by atoms with Gasteiger partial charge in [-0.2, -0.15) is 0 Å². The highest BCUT2D eigenvalue weighted by molar-refractivity contribution is 8.04. The highest BCUT2D eigenvalue weighted by Crippen LogP contribution is 2.50. The van der Waals surface area contributed by atoms with Crippen molar-refractivity contribution < 1.29 is 0 Å². The van der Waals surface area contributed by atoms with Crippen molar-refractivity contribution in [3.8, 4) is 0 Å². The van der Waals surface area contributed by atoms with E-state index in [-0.39, 0.29) is 0 Å². The van der Waals surface area contributed by atoms with Crippen LogP contribution in [0.4, 0.5) is 5.69 Å². The Kier molecular flexibility index (Phi) is 3.59. The van der Waals surface area contributed by atoms with Gasteiger partial charge in [-0.25, -0.2) is 0 Å². The lowest BCUT2D eigenvalue weighted by Crippen LogP contribution is -2.26. The first-order chi connectivity index (χ1) is 11.7. The molecule has 1 N–H and O–H groups in total. The number of fused-ring (bicyclic) bond motifs is 2. The maximum Gasteiger partial charge on any atom is 0.0512 e. The third-order valence-electron chi connectivity index (χ3n) is 6.75. The molecule has 1 nitrogen and oxygen atoms in total. The molecule has 1 saturated carbocycles. The summed E-state index contributed by atoms with van der Waals surface area (Å²) >= 11 is 1.88. The highest BCUT2D eigenvalue weighted by Gasteiger charge is 2.35. The zero-order chi connectivity index (χ0) is 16.1. The topological polar surface area (TPSA) is 12.0 Å². The average molecular weight is 338 g/mol. The molecular weight excluding hydrogens is 310 g/mol. The van der Waals surface area contributed by atoms with Crippen LogP contribution in [0, 0.1) is 5.41 Å². The van der Waals surface area contributed by atoms with Gasteiger partial charge in [-0.05, 0) is 109 Å². The number of aryl methyl sites for hydroxylation is 2. The number of anilines is 1. The van der Waals surface area contributed by atoms with Crippen molar-refractivity contribution in [2.24, 2.45) is 5.41 Å². The van der Waals surface area contributed by atoms with Crippen molar-refractivity contribution in [3.63, 3.8) is 0 Å². The lowest BCUT2D eigenvalue weighted by Gasteiger charge is -2.39. The molecule has 0 spiro atoms.